The van der Waals surface area contributed by atoms with Gasteiger partial charge in [0, 0.05) is 11.6 Å². The van der Waals surface area contributed by atoms with E-state index in [9.17, 15) is 31.1 Å². The van der Waals surface area contributed by atoms with E-state index in [1.165, 1.54) is 0 Å². The molecule has 0 amide bonds. The van der Waals surface area contributed by atoms with E-state index in [-0.39, 0.29) is 17.7 Å². The highest BCUT2D eigenvalue weighted by Crippen LogP contribution is 2.29. The lowest BCUT2D eigenvalue weighted by Crippen LogP contribution is -2.06. The fourth-order valence-electron chi connectivity index (χ4n) is 1.09. The number of halogens is 6. The monoisotopic (exact) mass is 268 g/mol. The van der Waals surface area contributed by atoms with Crippen LogP contribution in [0.25, 0.3) is 0 Å². The molecule has 0 heterocycles. The molecule has 0 saturated heterocycles. The lowest BCUT2D eigenvalue weighted by molar-refractivity contribution is -0.137. The van der Waals surface area contributed by atoms with E-state index in [0.717, 1.165) is 12.1 Å². The van der Waals surface area contributed by atoms with E-state index in [0.29, 0.717) is 12.1 Å². The smallest absolute Gasteiger partial charge is 0.289 e. The van der Waals surface area contributed by atoms with Gasteiger partial charge in [0.05, 0.1) is 5.56 Å². The second-order valence-corrected chi connectivity index (χ2v) is 3.31. The predicted molar refractivity (Wildman–Crippen MR) is 51.0 cm³/mol. The lowest BCUT2D eigenvalue weighted by Gasteiger charge is -2.06. The summed E-state index contributed by atoms with van der Waals surface area (Å²) < 4.78 is 71.8. The number of ketones is 1. The number of carbonyl (C=O) groups is 1. The summed E-state index contributed by atoms with van der Waals surface area (Å²) in [6.45, 7) is 0. The van der Waals surface area contributed by atoms with Crippen molar-refractivity contribution in [2.24, 2.45) is 0 Å². The second kappa shape index (κ2) is 4.83. The van der Waals surface area contributed by atoms with Gasteiger partial charge >= 0.3 is 12.4 Å². The molecule has 0 atom stereocenters. The van der Waals surface area contributed by atoms with Crippen LogP contribution in [0.3, 0.4) is 0 Å². The minimum Gasteiger partial charge on any atom is -0.289 e. The number of hydrogen-bond donors (Lipinski definition) is 0. The SMILES string of the molecule is O=C(/C=C/C(F)(F)F)c1ccc(C(F)(F)F)cc1. The molecule has 98 valence electrons. The Morgan fingerprint density at radius 2 is 1.44 bits per heavy atom. The number of alkyl halides is 6. The quantitative estimate of drug-likeness (QED) is 0.450. The third-order valence-corrected chi connectivity index (χ3v) is 1.92. The normalized spacial score (nSPS) is 13.0. The summed E-state index contributed by atoms with van der Waals surface area (Å²) in [5.74, 6) is -1.01. The summed E-state index contributed by atoms with van der Waals surface area (Å²) in [6.07, 6.45) is -9.19. The summed E-state index contributed by atoms with van der Waals surface area (Å²) in [5, 5.41) is 0. The molecule has 0 aliphatic heterocycles. The molecule has 1 aromatic carbocycles. The third-order valence-electron chi connectivity index (χ3n) is 1.92. The number of allylic oxidation sites excluding steroid dienone is 2. The van der Waals surface area contributed by atoms with Crippen molar-refractivity contribution < 1.29 is 31.1 Å². The minimum atomic E-state index is -4.64. The zero-order valence-electron chi connectivity index (χ0n) is 8.64. The van der Waals surface area contributed by atoms with Crippen LogP contribution in [0.15, 0.2) is 36.4 Å². The molecule has 7 heteroatoms. The average Bonchev–Trinajstić information content (AvgIpc) is 2.24. The van der Waals surface area contributed by atoms with E-state index in [1.807, 2.05) is 0 Å². The third kappa shape index (κ3) is 4.23. The standard InChI is InChI=1S/C11H6F6O/c12-10(13,14)6-5-9(18)7-1-3-8(4-2-7)11(15,16)17/h1-6H/b6-5+. The predicted octanol–water partition coefficient (Wildman–Crippen LogP) is 4.01. The van der Waals surface area contributed by atoms with Crippen LogP contribution in [0, 0.1) is 0 Å². The summed E-state index contributed by atoms with van der Waals surface area (Å²) in [7, 11) is 0. The van der Waals surface area contributed by atoms with Crippen molar-refractivity contribution in [1.82, 2.24) is 0 Å². The van der Waals surface area contributed by atoms with E-state index >= 15 is 0 Å². The average molecular weight is 268 g/mol. The van der Waals surface area contributed by atoms with Crippen LogP contribution in [0.4, 0.5) is 26.3 Å². The summed E-state index contributed by atoms with van der Waals surface area (Å²) in [5.41, 5.74) is -1.22. The summed E-state index contributed by atoms with van der Waals surface area (Å²) in [4.78, 5) is 11.2. The van der Waals surface area contributed by atoms with Gasteiger partial charge in [0.15, 0.2) is 5.78 Å². The van der Waals surface area contributed by atoms with Crippen LogP contribution in [-0.4, -0.2) is 12.0 Å². The Morgan fingerprint density at radius 3 is 1.83 bits per heavy atom. The van der Waals surface area contributed by atoms with Crippen LogP contribution in [-0.2, 0) is 6.18 Å². The Morgan fingerprint density at radius 1 is 0.944 bits per heavy atom. The maximum absolute atomic E-state index is 12.2. The number of rotatable bonds is 2. The van der Waals surface area contributed by atoms with E-state index in [4.69, 9.17) is 0 Å². The topological polar surface area (TPSA) is 17.1 Å². The number of carbonyl (C=O) groups excluding carboxylic acids is 1. The molecule has 1 rings (SSSR count). The van der Waals surface area contributed by atoms with Crippen molar-refractivity contribution in [3.8, 4) is 0 Å². The molecule has 0 aliphatic carbocycles. The van der Waals surface area contributed by atoms with Crippen LogP contribution >= 0.6 is 0 Å². The van der Waals surface area contributed by atoms with Crippen molar-refractivity contribution in [3.63, 3.8) is 0 Å². The Bertz CT molecular complexity index is 452. The fraction of sp³-hybridized carbons (Fsp3) is 0.182. The Balaban J connectivity index is 2.87. The van der Waals surface area contributed by atoms with Crippen LogP contribution < -0.4 is 0 Å². The molecule has 1 aromatic rings. The molecule has 1 nitrogen and oxygen atoms in total. The molecular formula is C11H6F6O. The first-order valence-electron chi connectivity index (χ1n) is 4.57. The molecule has 18 heavy (non-hydrogen) atoms. The van der Waals surface area contributed by atoms with Gasteiger partial charge in [-0.1, -0.05) is 12.1 Å². The number of hydrogen-bond acceptors (Lipinski definition) is 1. The van der Waals surface area contributed by atoms with Crippen molar-refractivity contribution in [2.75, 3.05) is 0 Å². The molecule has 0 N–H and O–H groups in total. The van der Waals surface area contributed by atoms with Gasteiger partial charge in [-0.3, -0.25) is 4.79 Å². The maximum atomic E-state index is 12.2. The molecule has 0 bridgehead atoms. The van der Waals surface area contributed by atoms with Crippen molar-refractivity contribution >= 4 is 5.78 Å². The number of benzene rings is 1. The molecular weight excluding hydrogens is 262 g/mol. The van der Waals surface area contributed by atoms with Crippen molar-refractivity contribution in [2.45, 2.75) is 12.4 Å². The van der Waals surface area contributed by atoms with Crippen LogP contribution in [0.5, 0.6) is 0 Å². The highest BCUT2D eigenvalue weighted by atomic mass is 19.4. The van der Waals surface area contributed by atoms with Gasteiger partial charge in [-0.25, -0.2) is 0 Å². The van der Waals surface area contributed by atoms with Crippen molar-refractivity contribution in [1.29, 1.82) is 0 Å². The molecule has 0 aliphatic rings. The van der Waals surface area contributed by atoms with Crippen LogP contribution in [0.2, 0.25) is 0 Å². The molecule has 0 aromatic heterocycles. The zero-order chi connectivity index (χ0) is 14.0. The van der Waals surface area contributed by atoms with E-state index in [2.05, 4.69) is 0 Å². The van der Waals surface area contributed by atoms with Gasteiger partial charge in [0.1, 0.15) is 0 Å². The maximum Gasteiger partial charge on any atom is 0.416 e. The molecule has 0 saturated carbocycles. The molecule has 0 radical (unpaired) electrons. The van der Waals surface area contributed by atoms with Gasteiger partial charge < -0.3 is 0 Å². The Labute approximate surface area is 97.7 Å². The van der Waals surface area contributed by atoms with E-state index < -0.39 is 23.7 Å². The second-order valence-electron chi connectivity index (χ2n) is 3.31. The van der Waals surface area contributed by atoms with E-state index in [1.54, 1.807) is 0 Å². The highest BCUT2D eigenvalue weighted by molar-refractivity contribution is 6.04. The first-order valence-corrected chi connectivity index (χ1v) is 4.57. The largest absolute Gasteiger partial charge is 0.416 e. The summed E-state index contributed by atoms with van der Waals surface area (Å²) in [6, 6.07) is 2.92. The van der Waals surface area contributed by atoms with Gasteiger partial charge in [-0.2, -0.15) is 26.3 Å². The van der Waals surface area contributed by atoms with Crippen molar-refractivity contribution in [3.05, 3.63) is 47.5 Å². The fourth-order valence-corrected chi connectivity index (χ4v) is 1.09. The van der Waals surface area contributed by atoms with Gasteiger partial charge in [0.2, 0.25) is 0 Å². The van der Waals surface area contributed by atoms with Crippen LogP contribution in [0.1, 0.15) is 15.9 Å². The minimum absolute atomic E-state index is 0.247. The Hall–Kier alpha value is -1.79. The first-order chi connectivity index (χ1) is 8.09. The van der Waals surface area contributed by atoms with Gasteiger partial charge in [0.25, 0.3) is 0 Å². The molecule has 0 unspecified atom stereocenters. The summed E-state index contributed by atoms with van der Waals surface area (Å²) >= 11 is 0. The van der Waals surface area contributed by atoms with Gasteiger partial charge in [-0.05, 0) is 18.2 Å². The Kier molecular flexibility index (Phi) is 3.83. The first kappa shape index (κ1) is 14.3. The van der Waals surface area contributed by atoms with Gasteiger partial charge in [-0.15, -0.1) is 0 Å². The zero-order valence-corrected chi connectivity index (χ0v) is 8.64. The highest BCUT2D eigenvalue weighted by Gasteiger charge is 2.30. The molecule has 0 spiro atoms. The molecule has 0 fully saturated rings. The lowest BCUT2D eigenvalue weighted by atomic mass is 10.1.